The van der Waals surface area contributed by atoms with E-state index in [4.69, 9.17) is 16.3 Å². The van der Waals surface area contributed by atoms with Gasteiger partial charge >= 0.3 is 6.01 Å². The molecule has 0 atom stereocenters. The van der Waals surface area contributed by atoms with Crippen LogP contribution in [0, 0.1) is 0 Å². The highest BCUT2D eigenvalue weighted by atomic mass is 35.5. The highest BCUT2D eigenvalue weighted by molar-refractivity contribution is 6.28. The summed E-state index contributed by atoms with van der Waals surface area (Å²) in [6.45, 7) is 5.80. The first-order chi connectivity index (χ1) is 8.60. The number of rotatable bonds is 4. The lowest BCUT2D eigenvalue weighted by Gasteiger charge is -2.09. The molecule has 0 saturated heterocycles. The molecule has 2 heterocycles. The first-order valence-electron chi connectivity index (χ1n) is 5.71. The maximum Gasteiger partial charge on any atom is 0.322 e. The summed E-state index contributed by atoms with van der Waals surface area (Å²) in [4.78, 5) is 16.4. The molecule has 2 aromatic heterocycles. The van der Waals surface area contributed by atoms with E-state index in [9.17, 15) is 0 Å². The number of aryl methyl sites for hydroxylation is 1. The highest BCUT2D eigenvalue weighted by Gasteiger charge is 2.11. The van der Waals surface area contributed by atoms with Gasteiger partial charge in [0.2, 0.25) is 11.2 Å². The van der Waals surface area contributed by atoms with Crippen LogP contribution in [0.1, 0.15) is 26.6 Å². The van der Waals surface area contributed by atoms with Crippen molar-refractivity contribution in [2.75, 3.05) is 0 Å². The topological polar surface area (TPSA) is 65.7 Å². The molecule has 18 heavy (non-hydrogen) atoms. The van der Waals surface area contributed by atoms with Crippen LogP contribution in [-0.2, 0) is 6.42 Å². The molecular weight excluding hydrogens is 254 g/mol. The van der Waals surface area contributed by atoms with Crippen LogP contribution in [0.25, 0.3) is 5.95 Å². The molecule has 0 spiro atoms. The number of ether oxygens (including phenoxy) is 1. The Morgan fingerprint density at radius 3 is 2.78 bits per heavy atom. The molecule has 0 fully saturated rings. The summed E-state index contributed by atoms with van der Waals surface area (Å²) in [5.41, 5.74) is 0. The van der Waals surface area contributed by atoms with Gasteiger partial charge in [0.05, 0.1) is 6.10 Å². The largest absolute Gasteiger partial charge is 0.461 e. The summed E-state index contributed by atoms with van der Waals surface area (Å²) in [6.07, 6.45) is 4.23. The zero-order valence-corrected chi connectivity index (χ0v) is 11.2. The van der Waals surface area contributed by atoms with Crippen LogP contribution in [0.2, 0.25) is 5.28 Å². The third-order valence-electron chi connectivity index (χ3n) is 2.17. The minimum atomic E-state index is -0.0234. The second-order valence-electron chi connectivity index (χ2n) is 3.92. The second kappa shape index (κ2) is 5.30. The van der Waals surface area contributed by atoms with Crippen molar-refractivity contribution in [2.24, 2.45) is 0 Å². The highest BCUT2D eigenvalue weighted by Crippen LogP contribution is 2.14. The van der Waals surface area contributed by atoms with Crippen LogP contribution in [-0.4, -0.2) is 30.6 Å². The molecular formula is C11H14ClN5O. The normalized spacial score (nSPS) is 10.9. The number of imidazole rings is 1. The zero-order valence-electron chi connectivity index (χ0n) is 10.5. The van der Waals surface area contributed by atoms with Gasteiger partial charge in [-0.25, -0.2) is 4.98 Å². The maximum absolute atomic E-state index is 5.87. The molecule has 0 aliphatic rings. The quantitative estimate of drug-likeness (QED) is 0.848. The fourth-order valence-electron chi connectivity index (χ4n) is 1.47. The second-order valence-corrected chi connectivity index (χ2v) is 4.26. The van der Waals surface area contributed by atoms with Gasteiger partial charge in [-0.1, -0.05) is 6.92 Å². The fraction of sp³-hybridized carbons (Fsp3) is 0.455. The van der Waals surface area contributed by atoms with Crippen LogP contribution < -0.4 is 4.74 Å². The van der Waals surface area contributed by atoms with E-state index in [0.29, 0.717) is 5.95 Å². The van der Waals surface area contributed by atoms with E-state index in [0.717, 1.165) is 12.2 Å². The van der Waals surface area contributed by atoms with E-state index in [1.54, 1.807) is 17.0 Å². The van der Waals surface area contributed by atoms with E-state index < -0.39 is 0 Å². The van der Waals surface area contributed by atoms with Crippen LogP contribution in [0.4, 0.5) is 0 Å². The van der Waals surface area contributed by atoms with Gasteiger partial charge in [-0.2, -0.15) is 15.0 Å². The Hall–Kier alpha value is -1.69. The van der Waals surface area contributed by atoms with Crippen molar-refractivity contribution >= 4 is 11.6 Å². The molecule has 0 saturated carbocycles. The average Bonchev–Trinajstić information content (AvgIpc) is 2.75. The molecule has 6 nitrogen and oxygen atoms in total. The van der Waals surface area contributed by atoms with Gasteiger partial charge in [-0.3, -0.25) is 4.57 Å². The Labute approximate surface area is 110 Å². The van der Waals surface area contributed by atoms with Gasteiger partial charge < -0.3 is 4.74 Å². The maximum atomic E-state index is 5.87. The first-order valence-corrected chi connectivity index (χ1v) is 6.08. The third kappa shape index (κ3) is 2.76. The van der Waals surface area contributed by atoms with Crippen LogP contribution >= 0.6 is 11.6 Å². The Morgan fingerprint density at radius 1 is 1.33 bits per heavy atom. The molecule has 96 valence electrons. The number of halogens is 1. The Balaban J connectivity index is 2.42. The van der Waals surface area contributed by atoms with Gasteiger partial charge in [0, 0.05) is 18.8 Å². The Morgan fingerprint density at radius 2 is 2.11 bits per heavy atom. The minimum absolute atomic E-state index is 0.0234. The number of aromatic nitrogens is 5. The zero-order chi connectivity index (χ0) is 13.1. The van der Waals surface area contributed by atoms with E-state index in [1.807, 2.05) is 20.8 Å². The minimum Gasteiger partial charge on any atom is -0.461 e. The van der Waals surface area contributed by atoms with E-state index >= 15 is 0 Å². The van der Waals surface area contributed by atoms with E-state index in [1.165, 1.54) is 0 Å². The van der Waals surface area contributed by atoms with E-state index in [-0.39, 0.29) is 17.4 Å². The van der Waals surface area contributed by atoms with Gasteiger partial charge in [-0.15, -0.1) is 0 Å². The standard InChI is InChI=1S/C11H14ClN5O/c1-4-8-13-5-6-17(8)10-14-9(12)15-11(16-10)18-7(2)3/h5-7H,4H2,1-3H3. The molecule has 0 aromatic carbocycles. The molecule has 0 radical (unpaired) electrons. The molecule has 0 N–H and O–H groups in total. The summed E-state index contributed by atoms with van der Waals surface area (Å²) in [7, 11) is 0. The molecule has 0 bridgehead atoms. The monoisotopic (exact) mass is 267 g/mol. The predicted molar refractivity (Wildman–Crippen MR) is 67.1 cm³/mol. The lowest BCUT2D eigenvalue weighted by Crippen LogP contribution is -2.12. The summed E-state index contributed by atoms with van der Waals surface area (Å²) < 4.78 is 7.19. The van der Waals surface area contributed by atoms with Crippen LogP contribution in [0.3, 0.4) is 0 Å². The van der Waals surface area contributed by atoms with Gasteiger partial charge in [0.15, 0.2) is 0 Å². The molecule has 0 aliphatic carbocycles. The summed E-state index contributed by atoms with van der Waals surface area (Å²) >= 11 is 5.87. The van der Waals surface area contributed by atoms with Crippen molar-refractivity contribution in [2.45, 2.75) is 33.3 Å². The lowest BCUT2D eigenvalue weighted by atomic mass is 10.4. The molecule has 0 unspecified atom stereocenters. The summed E-state index contributed by atoms with van der Waals surface area (Å²) in [6, 6.07) is 0.218. The third-order valence-corrected chi connectivity index (χ3v) is 2.34. The summed E-state index contributed by atoms with van der Waals surface area (Å²) in [5, 5.41) is 0.103. The molecule has 2 aromatic rings. The summed E-state index contributed by atoms with van der Waals surface area (Å²) in [5.74, 6) is 1.27. The SMILES string of the molecule is CCc1nccn1-c1nc(Cl)nc(OC(C)C)n1. The van der Waals surface area contributed by atoms with Crippen LogP contribution in [0.15, 0.2) is 12.4 Å². The lowest BCUT2D eigenvalue weighted by molar-refractivity contribution is 0.221. The fourth-order valence-corrected chi connectivity index (χ4v) is 1.62. The van der Waals surface area contributed by atoms with Crippen molar-refractivity contribution in [3.63, 3.8) is 0 Å². The van der Waals surface area contributed by atoms with Gasteiger partial charge in [0.1, 0.15) is 5.82 Å². The van der Waals surface area contributed by atoms with Crippen molar-refractivity contribution in [3.05, 3.63) is 23.5 Å². The van der Waals surface area contributed by atoms with Crippen molar-refractivity contribution in [3.8, 4) is 12.0 Å². The molecule has 0 aliphatic heterocycles. The smallest absolute Gasteiger partial charge is 0.322 e. The van der Waals surface area contributed by atoms with Gasteiger partial charge in [0.25, 0.3) is 0 Å². The molecule has 7 heteroatoms. The van der Waals surface area contributed by atoms with Gasteiger partial charge in [-0.05, 0) is 25.4 Å². The Bertz CT molecular complexity index is 540. The predicted octanol–water partition coefficient (Wildman–Crippen LogP) is 2.06. The van der Waals surface area contributed by atoms with Crippen molar-refractivity contribution < 1.29 is 4.74 Å². The Kier molecular flexibility index (Phi) is 3.76. The number of nitrogens with zero attached hydrogens (tertiary/aromatic N) is 5. The van der Waals surface area contributed by atoms with E-state index in [2.05, 4.69) is 19.9 Å². The molecule has 0 amide bonds. The number of hydrogen-bond donors (Lipinski definition) is 0. The van der Waals surface area contributed by atoms with Crippen molar-refractivity contribution in [1.29, 1.82) is 0 Å². The van der Waals surface area contributed by atoms with Crippen LogP contribution in [0.5, 0.6) is 6.01 Å². The first kappa shape index (κ1) is 12.8. The van der Waals surface area contributed by atoms with Crippen molar-refractivity contribution in [1.82, 2.24) is 24.5 Å². The average molecular weight is 268 g/mol. The number of hydrogen-bond acceptors (Lipinski definition) is 5. The molecule has 2 rings (SSSR count).